The molecule has 114 valence electrons. The van der Waals surface area contributed by atoms with Crippen molar-refractivity contribution in [2.45, 2.75) is 13.3 Å². The van der Waals surface area contributed by atoms with Crippen LogP contribution >= 0.6 is 11.6 Å². The molecular formula is C13H16ClN3O4. The lowest BCUT2D eigenvalue weighted by atomic mass is 10.1. The van der Waals surface area contributed by atoms with Gasteiger partial charge in [0.15, 0.2) is 0 Å². The van der Waals surface area contributed by atoms with Crippen LogP contribution in [0, 0.1) is 10.1 Å². The van der Waals surface area contributed by atoms with Crippen molar-refractivity contribution in [1.29, 1.82) is 0 Å². The van der Waals surface area contributed by atoms with Gasteiger partial charge in [-0.1, -0.05) is 18.5 Å². The molecule has 2 amide bonds. The number of halogens is 1. The number of benzene rings is 1. The molecule has 1 aromatic rings. The normalized spacial score (nSPS) is 10.0. The van der Waals surface area contributed by atoms with E-state index in [2.05, 4.69) is 5.32 Å². The summed E-state index contributed by atoms with van der Waals surface area (Å²) in [6, 6.07) is 3.65. The van der Waals surface area contributed by atoms with E-state index < -0.39 is 10.8 Å². The number of amides is 2. The smallest absolute Gasteiger partial charge is 0.270 e. The quantitative estimate of drug-likeness (QED) is 0.640. The first-order valence-electron chi connectivity index (χ1n) is 6.34. The number of rotatable bonds is 6. The number of nitro benzene ring substituents is 1. The van der Waals surface area contributed by atoms with Crippen LogP contribution in [0.2, 0.25) is 5.02 Å². The van der Waals surface area contributed by atoms with Crippen molar-refractivity contribution in [2.24, 2.45) is 0 Å². The monoisotopic (exact) mass is 313 g/mol. The molecule has 0 heterocycles. The number of likely N-dealkylation sites (N-methyl/N-ethyl adjacent to an activating group) is 1. The van der Waals surface area contributed by atoms with Crippen LogP contribution < -0.4 is 5.32 Å². The van der Waals surface area contributed by atoms with Crippen LogP contribution in [-0.2, 0) is 4.79 Å². The Balaban J connectivity index is 3.10. The van der Waals surface area contributed by atoms with E-state index in [1.807, 2.05) is 6.92 Å². The predicted molar refractivity (Wildman–Crippen MR) is 78.4 cm³/mol. The number of carbonyl (C=O) groups is 2. The van der Waals surface area contributed by atoms with Crippen molar-refractivity contribution < 1.29 is 14.5 Å². The zero-order chi connectivity index (χ0) is 16.0. The Kier molecular flexibility index (Phi) is 6.10. The van der Waals surface area contributed by atoms with E-state index in [0.29, 0.717) is 13.0 Å². The van der Waals surface area contributed by atoms with E-state index in [4.69, 9.17) is 11.6 Å². The summed E-state index contributed by atoms with van der Waals surface area (Å²) in [6.45, 7) is 2.09. The van der Waals surface area contributed by atoms with Gasteiger partial charge in [-0.25, -0.2) is 0 Å². The predicted octanol–water partition coefficient (Wildman–Crippen LogP) is 1.85. The Hall–Kier alpha value is -2.15. The Bertz CT molecular complexity index is 562. The number of carbonyl (C=O) groups excluding carboxylic acids is 2. The van der Waals surface area contributed by atoms with E-state index in [9.17, 15) is 19.7 Å². The van der Waals surface area contributed by atoms with Crippen LogP contribution in [-0.4, -0.2) is 41.8 Å². The lowest BCUT2D eigenvalue weighted by molar-refractivity contribution is -0.384. The van der Waals surface area contributed by atoms with Crippen LogP contribution in [0.25, 0.3) is 0 Å². The highest BCUT2D eigenvalue weighted by Crippen LogP contribution is 2.23. The molecule has 0 saturated heterocycles. The van der Waals surface area contributed by atoms with Crippen LogP contribution in [0.5, 0.6) is 0 Å². The molecule has 0 fully saturated rings. The molecule has 0 aromatic heterocycles. The number of hydrogen-bond acceptors (Lipinski definition) is 4. The second-order valence-electron chi connectivity index (χ2n) is 4.32. The van der Waals surface area contributed by atoms with Gasteiger partial charge in [0.05, 0.1) is 22.1 Å². The summed E-state index contributed by atoms with van der Waals surface area (Å²) in [5, 5.41) is 13.3. The molecule has 0 radical (unpaired) electrons. The van der Waals surface area contributed by atoms with Gasteiger partial charge in [-0.2, -0.15) is 0 Å². The summed E-state index contributed by atoms with van der Waals surface area (Å²) in [6.07, 6.45) is 0.648. The maximum Gasteiger partial charge on any atom is 0.270 e. The number of nitro groups is 1. The van der Waals surface area contributed by atoms with Crippen LogP contribution in [0.1, 0.15) is 23.7 Å². The fraction of sp³-hybridized carbons (Fsp3) is 0.385. The van der Waals surface area contributed by atoms with Crippen LogP contribution in [0.3, 0.4) is 0 Å². The molecule has 7 nitrogen and oxygen atoms in total. The van der Waals surface area contributed by atoms with Gasteiger partial charge in [-0.15, -0.1) is 0 Å². The molecule has 0 aliphatic heterocycles. The molecule has 0 saturated carbocycles. The van der Waals surface area contributed by atoms with E-state index in [-0.39, 0.29) is 28.7 Å². The molecule has 21 heavy (non-hydrogen) atoms. The maximum atomic E-state index is 12.4. The van der Waals surface area contributed by atoms with Crippen molar-refractivity contribution in [1.82, 2.24) is 10.2 Å². The lowest BCUT2D eigenvalue weighted by Gasteiger charge is -2.21. The number of non-ortho nitro benzene ring substituents is 1. The van der Waals surface area contributed by atoms with Gasteiger partial charge in [0.1, 0.15) is 0 Å². The average Bonchev–Trinajstić information content (AvgIpc) is 2.46. The molecular weight excluding hydrogens is 298 g/mol. The number of hydrogen-bond donors (Lipinski definition) is 1. The second kappa shape index (κ2) is 7.58. The third kappa shape index (κ3) is 4.42. The van der Waals surface area contributed by atoms with Crippen molar-refractivity contribution in [3.8, 4) is 0 Å². The molecule has 0 aliphatic rings. The van der Waals surface area contributed by atoms with Crippen molar-refractivity contribution >= 4 is 29.1 Å². The molecule has 0 bridgehead atoms. The third-order valence-electron chi connectivity index (χ3n) is 2.79. The van der Waals surface area contributed by atoms with Crippen molar-refractivity contribution in [2.75, 3.05) is 20.1 Å². The van der Waals surface area contributed by atoms with Gasteiger partial charge < -0.3 is 10.2 Å². The molecule has 1 aromatic carbocycles. The van der Waals surface area contributed by atoms with Gasteiger partial charge >= 0.3 is 0 Å². The maximum absolute atomic E-state index is 12.4. The van der Waals surface area contributed by atoms with E-state index in [1.54, 1.807) is 0 Å². The van der Waals surface area contributed by atoms with Gasteiger partial charge in [-0.3, -0.25) is 19.7 Å². The van der Waals surface area contributed by atoms with Gasteiger partial charge in [0, 0.05) is 25.7 Å². The molecule has 0 aliphatic carbocycles. The third-order valence-corrected chi connectivity index (χ3v) is 3.11. The summed E-state index contributed by atoms with van der Waals surface area (Å²) in [4.78, 5) is 35.4. The van der Waals surface area contributed by atoms with Crippen LogP contribution in [0.4, 0.5) is 5.69 Å². The standard InChI is InChI=1S/C13H16ClN3O4/c1-3-6-16(8-12(18)15-2)13(19)10-7-9(17(20)21)4-5-11(10)14/h4-5,7H,3,6,8H2,1-2H3,(H,15,18). The van der Waals surface area contributed by atoms with E-state index in [0.717, 1.165) is 6.07 Å². The highest BCUT2D eigenvalue weighted by Gasteiger charge is 2.22. The van der Waals surface area contributed by atoms with Gasteiger partial charge in [-0.05, 0) is 12.5 Å². The average molecular weight is 314 g/mol. The first kappa shape index (κ1) is 16.9. The van der Waals surface area contributed by atoms with Gasteiger partial charge in [0.2, 0.25) is 5.91 Å². The van der Waals surface area contributed by atoms with Crippen LogP contribution in [0.15, 0.2) is 18.2 Å². The summed E-state index contributed by atoms with van der Waals surface area (Å²) >= 11 is 5.94. The summed E-state index contributed by atoms with van der Waals surface area (Å²) in [5.41, 5.74) is -0.206. The van der Waals surface area contributed by atoms with Crippen molar-refractivity contribution in [3.63, 3.8) is 0 Å². The topological polar surface area (TPSA) is 92.6 Å². The molecule has 8 heteroatoms. The summed E-state index contributed by atoms with van der Waals surface area (Å²) in [7, 11) is 1.47. The minimum absolute atomic E-state index is 0.0169. The van der Waals surface area contributed by atoms with E-state index >= 15 is 0 Å². The minimum Gasteiger partial charge on any atom is -0.358 e. The second-order valence-corrected chi connectivity index (χ2v) is 4.73. The number of nitrogens with zero attached hydrogens (tertiary/aromatic N) is 2. The van der Waals surface area contributed by atoms with E-state index in [1.165, 1.54) is 24.1 Å². The zero-order valence-electron chi connectivity index (χ0n) is 11.8. The zero-order valence-corrected chi connectivity index (χ0v) is 12.5. The molecule has 1 N–H and O–H groups in total. The lowest BCUT2D eigenvalue weighted by Crippen LogP contribution is -2.40. The molecule has 0 spiro atoms. The Labute approximate surface area is 127 Å². The van der Waals surface area contributed by atoms with Gasteiger partial charge in [0.25, 0.3) is 11.6 Å². The summed E-state index contributed by atoms with van der Waals surface area (Å²) in [5.74, 6) is -0.826. The Morgan fingerprint density at radius 3 is 2.62 bits per heavy atom. The first-order chi connectivity index (χ1) is 9.90. The minimum atomic E-state index is -0.601. The molecule has 0 unspecified atom stereocenters. The Morgan fingerprint density at radius 2 is 2.10 bits per heavy atom. The number of nitrogens with one attached hydrogen (secondary N) is 1. The highest BCUT2D eigenvalue weighted by molar-refractivity contribution is 6.34. The Morgan fingerprint density at radius 1 is 1.43 bits per heavy atom. The van der Waals surface area contributed by atoms with Crippen molar-refractivity contribution in [3.05, 3.63) is 38.9 Å². The highest BCUT2D eigenvalue weighted by atomic mass is 35.5. The molecule has 1 rings (SSSR count). The fourth-order valence-electron chi connectivity index (χ4n) is 1.74. The fourth-order valence-corrected chi connectivity index (χ4v) is 1.93. The summed E-state index contributed by atoms with van der Waals surface area (Å²) < 4.78 is 0. The first-order valence-corrected chi connectivity index (χ1v) is 6.72. The molecule has 0 atom stereocenters. The SMILES string of the molecule is CCCN(CC(=O)NC)C(=O)c1cc([N+](=O)[O-])ccc1Cl. The largest absolute Gasteiger partial charge is 0.358 e.